The van der Waals surface area contributed by atoms with Crippen LogP contribution in [-0.2, 0) is 0 Å². The van der Waals surface area contributed by atoms with E-state index in [0.29, 0.717) is 12.6 Å². The summed E-state index contributed by atoms with van der Waals surface area (Å²) in [4.78, 5) is 21.0. The number of nitrogens with zero attached hydrogens (tertiary/aromatic N) is 4. The maximum Gasteiger partial charge on any atom is 0.321 e. The molecule has 1 aliphatic rings. The van der Waals surface area contributed by atoms with E-state index in [9.17, 15) is 9.90 Å². The summed E-state index contributed by atoms with van der Waals surface area (Å²) >= 11 is 0. The van der Waals surface area contributed by atoms with Crippen LogP contribution in [0.5, 0.6) is 0 Å². The van der Waals surface area contributed by atoms with E-state index in [1.807, 2.05) is 47.8 Å². The highest BCUT2D eigenvalue weighted by atomic mass is 16.3. The molecule has 0 spiro atoms. The predicted octanol–water partition coefficient (Wildman–Crippen LogP) is 1.95. The largest absolute Gasteiger partial charge is 0.392 e. The summed E-state index contributed by atoms with van der Waals surface area (Å²) in [5.74, 6) is 0. The second kappa shape index (κ2) is 7.41. The summed E-state index contributed by atoms with van der Waals surface area (Å²) in [6.45, 7) is 5.87. The summed E-state index contributed by atoms with van der Waals surface area (Å²) in [7, 11) is 2.04. The molecule has 2 aromatic heterocycles. The fourth-order valence-corrected chi connectivity index (χ4v) is 3.46. The molecule has 2 N–H and O–H groups in total. The number of hydrogen-bond donors (Lipinski definition) is 2. The third kappa shape index (κ3) is 4.29. The van der Waals surface area contributed by atoms with Gasteiger partial charge >= 0.3 is 6.03 Å². The van der Waals surface area contributed by atoms with Crippen molar-refractivity contribution in [1.82, 2.24) is 19.2 Å². The van der Waals surface area contributed by atoms with Gasteiger partial charge in [0.05, 0.1) is 11.8 Å². The molecule has 2 aromatic rings. The smallest absolute Gasteiger partial charge is 0.321 e. The van der Waals surface area contributed by atoms with Gasteiger partial charge in [-0.05, 0) is 39.8 Å². The molecule has 2 amide bonds. The summed E-state index contributed by atoms with van der Waals surface area (Å²) in [5.41, 5.74) is 2.54. The van der Waals surface area contributed by atoms with Gasteiger partial charge in [0.1, 0.15) is 5.65 Å². The van der Waals surface area contributed by atoms with Crippen LogP contribution in [0.4, 0.5) is 10.5 Å². The number of piperidine rings is 1. The Hall–Kier alpha value is -2.12. The number of anilines is 1. The number of aromatic nitrogens is 2. The summed E-state index contributed by atoms with van der Waals surface area (Å²) in [6.07, 6.45) is 5.38. The first kappa shape index (κ1) is 17.7. The number of rotatable bonds is 4. The zero-order valence-corrected chi connectivity index (χ0v) is 15.1. The zero-order valence-electron chi connectivity index (χ0n) is 15.1. The van der Waals surface area contributed by atoms with Gasteiger partial charge < -0.3 is 24.6 Å². The van der Waals surface area contributed by atoms with Gasteiger partial charge in [0.2, 0.25) is 0 Å². The molecular weight excluding hydrogens is 318 g/mol. The van der Waals surface area contributed by atoms with Crippen LogP contribution in [0.1, 0.15) is 25.5 Å². The molecule has 0 aromatic carbocycles. The zero-order chi connectivity index (χ0) is 18.0. The van der Waals surface area contributed by atoms with Crippen molar-refractivity contribution >= 4 is 17.4 Å². The molecule has 136 valence electrons. The first-order valence-electron chi connectivity index (χ1n) is 8.82. The fourth-order valence-electron chi connectivity index (χ4n) is 3.46. The van der Waals surface area contributed by atoms with Crippen molar-refractivity contribution in [3.05, 3.63) is 30.2 Å². The number of carbonyl (C=O) groups excluding carboxylic acids is 1. The Labute approximate surface area is 148 Å². The van der Waals surface area contributed by atoms with Gasteiger partial charge in [-0.25, -0.2) is 9.78 Å². The van der Waals surface area contributed by atoms with Crippen LogP contribution in [-0.4, -0.2) is 69.1 Å². The van der Waals surface area contributed by atoms with E-state index in [1.54, 1.807) is 6.92 Å². The minimum atomic E-state index is -0.326. The topological polar surface area (TPSA) is 73.1 Å². The van der Waals surface area contributed by atoms with Gasteiger partial charge in [-0.15, -0.1) is 0 Å². The molecule has 3 heterocycles. The van der Waals surface area contributed by atoms with Crippen molar-refractivity contribution in [2.45, 2.75) is 38.8 Å². The van der Waals surface area contributed by atoms with Crippen molar-refractivity contribution < 1.29 is 9.90 Å². The monoisotopic (exact) mass is 345 g/mol. The first-order valence-corrected chi connectivity index (χ1v) is 8.82. The van der Waals surface area contributed by atoms with Gasteiger partial charge in [0.25, 0.3) is 0 Å². The second-order valence-electron chi connectivity index (χ2n) is 7.00. The second-order valence-corrected chi connectivity index (χ2v) is 7.00. The van der Waals surface area contributed by atoms with Crippen LogP contribution in [0.2, 0.25) is 0 Å². The number of likely N-dealkylation sites (tertiary alicyclic amines) is 1. The standard InChI is InChI=1S/C18H27N5O2/c1-13-11-23-7-4-15(10-17(23)19-13)20-18(25)22-8-5-16(6-9-22)21(3)12-14(2)24/h4,7,10-11,14,16,24H,5-6,8-9,12H2,1-3H3,(H,20,25). The molecule has 1 saturated heterocycles. The van der Waals surface area contributed by atoms with Crippen LogP contribution in [0.3, 0.4) is 0 Å². The molecule has 0 aliphatic carbocycles. The normalized spacial score (nSPS) is 17.2. The number of hydrogen-bond acceptors (Lipinski definition) is 4. The molecule has 0 radical (unpaired) electrons. The quantitative estimate of drug-likeness (QED) is 0.888. The highest BCUT2D eigenvalue weighted by molar-refractivity contribution is 5.89. The molecule has 1 aliphatic heterocycles. The van der Waals surface area contributed by atoms with E-state index in [4.69, 9.17) is 0 Å². The Morgan fingerprint density at radius 3 is 2.88 bits per heavy atom. The molecule has 7 heteroatoms. The average Bonchev–Trinajstić information content (AvgIpc) is 2.93. The molecule has 7 nitrogen and oxygen atoms in total. The fraction of sp³-hybridized carbons (Fsp3) is 0.556. The third-order valence-corrected chi connectivity index (χ3v) is 4.76. The van der Waals surface area contributed by atoms with Crippen molar-refractivity contribution in [2.24, 2.45) is 0 Å². The lowest BCUT2D eigenvalue weighted by atomic mass is 10.0. The van der Waals surface area contributed by atoms with Crippen LogP contribution >= 0.6 is 0 Å². The van der Waals surface area contributed by atoms with Crippen molar-refractivity contribution in [3.63, 3.8) is 0 Å². The average molecular weight is 345 g/mol. The first-order chi connectivity index (χ1) is 11.9. The minimum Gasteiger partial charge on any atom is -0.392 e. The van der Waals surface area contributed by atoms with Gasteiger partial charge in [0.15, 0.2) is 0 Å². The Morgan fingerprint density at radius 1 is 1.48 bits per heavy atom. The van der Waals surface area contributed by atoms with E-state index in [0.717, 1.165) is 43.0 Å². The van der Waals surface area contributed by atoms with Crippen LogP contribution < -0.4 is 5.32 Å². The van der Waals surface area contributed by atoms with Crippen molar-refractivity contribution in [2.75, 3.05) is 32.0 Å². The SMILES string of the molecule is Cc1cn2ccc(NC(=O)N3CCC(N(C)CC(C)O)CC3)cc2n1. The van der Waals surface area contributed by atoms with Gasteiger partial charge in [-0.1, -0.05) is 0 Å². The summed E-state index contributed by atoms with van der Waals surface area (Å²) in [6, 6.07) is 4.12. The lowest BCUT2D eigenvalue weighted by molar-refractivity contribution is 0.0892. The van der Waals surface area contributed by atoms with Crippen LogP contribution in [0, 0.1) is 6.92 Å². The molecule has 1 unspecified atom stereocenters. The Balaban J connectivity index is 1.55. The Bertz CT molecular complexity index is 734. The molecule has 25 heavy (non-hydrogen) atoms. The van der Waals surface area contributed by atoms with E-state index >= 15 is 0 Å². The highest BCUT2D eigenvalue weighted by Crippen LogP contribution is 2.18. The maximum absolute atomic E-state index is 12.5. The molecule has 1 fully saturated rings. The lowest BCUT2D eigenvalue weighted by Gasteiger charge is -2.37. The van der Waals surface area contributed by atoms with Crippen molar-refractivity contribution in [3.8, 4) is 0 Å². The van der Waals surface area contributed by atoms with E-state index in [-0.39, 0.29) is 12.1 Å². The number of nitrogens with one attached hydrogen (secondary N) is 1. The molecular formula is C18H27N5O2. The number of fused-ring (bicyclic) bond motifs is 1. The number of carbonyl (C=O) groups is 1. The van der Waals surface area contributed by atoms with E-state index in [2.05, 4.69) is 15.2 Å². The lowest BCUT2D eigenvalue weighted by Crippen LogP contribution is -2.48. The molecule has 0 saturated carbocycles. The van der Waals surface area contributed by atoms with Crippen LogP contribution in [0.15, 0.2) is 24.5 Å². The molecule has 3 rings (SSSR count). The summed E-state index contributed by atoms with van der Waals surface area (Å²) < 4.78 is 1.94. The van der Waals surface area contributed by atoms with Crippen molar-refractivity contribution in [1.29, 1.82) is 0 Å². The number of urea groups is 1. The number of imidazole rings is 1. The van der Waals surface area contributed by atoms with E-state index < -0.39 is 0 Å². The van der Waals surface area contributed by atoms with Gasteiger partial charge in [-0.3, -0.25) is 0 Å². The highest BCUT2D eigenvalue weighted by Gasteiger charge is 2.25. The summed E-state index contributed by atoms with van der Waals surface area (Å²) in [5, 5.41) is 12.5. The predicted molar refractivity (Wildman–Crippen MR) is 97.9 cm³/mol. The molecule has 0 bridgehead atoms. The number of pyridine rings is 1. The Morgan fingerprint density at radius 2 is 2.20 bits per heavy atom. The van der Waals surface area contributed by atoms with E-state index in [1.165, 1.54) is 0 Å². The Kier molecular flexibility index (Phi) is 5.24. The number of aliphatic hydroxyl groups excluding tert-OH is 1. The van der Waals surface area contributed by atoms with Gasteiger partial charge in [-0.2, -0.15) is 0 Å². The molecule has 1 atom stereocenters. The number of likely N-dealkylation sites (N-methyl/N-ethyl adjacent to an activating group) is 1. The minimum absolute atomic E-state index is 0.0655. The number of aryl methyl sites for hydroxylation is 1. The number of aliphatic hydroxyl groups is 1. The third-order valence-electron chi connectivity index (χ3n) is 4.76. The maximum atomic E-state index is 12.5. The van der Waals surface area contributed by atoms with Crippen LogP contribution in [0.25, 0.3) is 5.65 Å². The van der Waals surface area contributed by atoms with Gasteiger partial charge in [0, 0.05) is 49.8 Å². The number of amides is 2.